The van der Waals surface area contributed by atoms with Crippen molar-refractivity contribution < 1.29 is 0 Å². The first-order chi connectivity index (χ1) is 5.68. The van der Waals surface area contributed by atoms with Gasteiger partial charge >= 0.3 is 0 Å². The van der Waals surface area contributed by atoms with E-state index in [2.05, 4.69) is 10.2 Å². The summed E-state index contributed by atoms with van der Waals surface area (Å²) >= 11 is 0. The molecule has 2 aromatic heterocycles. The van der Waals surface area contributed by atoms with Crippen LogP contribution >= 0.6 is 0 Å². The molecule has 0 saturated carbocycles. The normalized spacial score (nSPS) is 10.8. The molecule has 0 aliphatic carbocycles. The zero-order valence-electron chi connectivity index (χ0n) is 6.85. The number of aromatic nitrogens is 4. The summed E-state index contributed by atoms with van der Waals surface area (Å²) in [6.45, 7) is 1.83. The molecule has 0 saturated heterocycles. The Hall–Kier alpha value is -1.65. The largest absolute Gasteiger partial charge is 0.299 e. The summed E-state index contributed by atoms with van der Waals surface area (Å²) in [7, 11) is 1.66. The SMILES string of the molecule is Cc1cc2c(=O)n(C)cnn2n1. The van der Waals surface area contributed by atoms with Crippen molar-refractivity contribution in [1.29, 1.82) is 0 Å². The van der Waals surface area contributed by atoms with Crippen LogP contribution in [0.25, 0.3) is 5.52 Å². The van der Waals surface area contributed by atoms with Crippen molar-refractivity contribution in [2.75, 3.05) is 0 Å². The summed E-state index contributed by atoms with van der Waals surface area (Å²) in [5, 5.41) is 7.94. The van der Waals surface area contributed by atoms with E-state index in [1.165, 1.54) is 15.5 Å². The summed E-state index contributed by atoms with van der Waals surface area (Å²) in [5.41, 5.74) is 1.23. The average molecular weight is 164 g/mol. The summed E-state index contributed by atoms with van der Waals surface area (Å²) in [5.74, 6) is 0. The van der Waals surface area contributed by atoms with Crippen molar-refractivity contribution in [3.05, 3.63) is 28.4 Å². The molecule has 0 aliphatic rings. The number of hydrogen-bond donors (Lipinski definition) is 0. The standard InChI is InChI=1S/C7H8N4O/c1-5-3-6-7(12)10(2)4-8-11(6)9-5/h3-4H,1-2H3. The maximum absolute atomic E-state index is 11.4. The van der Waals surface area contributed by atoms with Crippen molar-refractivity contribution in [2.45, 2.75) is 6.92 Å². The van der Waals surface area contributed by atoms with Crippen LogP contribution in [-0.4, -0.2) is 19.4 Å². The fourth-order valence-electron chi connectivity index (χ4n) is 1.08. The highest BCUT2D eigenvalue weighted by Crippen LogP contribution is 1.96. The summed E-state index contributed by atoms with van der Waals surface area (Å²) in [6, 6.07) is 1.72. The van der Waals surface area contributed by atoms with E-state index in [-0.39, 0.29) is 5.56 Å². The highest BCUT2D eigenvalue weighted by atomic mass is 16.1. The van der Waals surface area contributed by atoms with Gasteiger partial charge in [0.1, 0.15) is 6.33 Å². The maximum atomic E-state index is 11.4. The Balaban J connectivity index is 2.99. The molecule has 62 valence electrons. The Bertz CT molecular complexity index is 482. The zero-order chi connectivity index (χ0) is 8.72. The van der Waals surface area contributed by atoms with Crippen LogP contribution < -0.4 is 5.56 Å². The molecule has 5 nitrogen and oxygen atoms in total. The molecular weight excluding hydrogens is 156 g/mol. The molecule has 0 bridgehead atoms. The van der Waals surface area contributed by atoms with Crippen molar-refractivity contribution in [3.63, 3.8) is 0 Å². The number of fused-ring (bicyclic) bond motifs is 1. The van der Waals surface area contributed by atoms with Gasteiger partial charge < -0.3 is 0 Å². The van der Waals surface area contributed by atoms with Crippen LogP contribution in [0.4, 0.5) is 0 Å². The third-order valence-corrected chi connectivity index (χ3v) is 1.69. The summed E-state index contributed by atoms with van der Waals surface area (Å²) in [6.07, 6.45) is 1.45. The minimum Gasteiger partial charge on any atom is -0.299 e. The van der Waals surface area contributed by atoms with Crippen molar-refractivity contribution in [2.24, 2.45) is 7.05 Å². The van der Waals surface area contributed by atoms with Gasteiger partial charge in [-0.1, -0.05) is 0 Å². The average Bonchev–Trinajstić information content (AvgIpc) is 2.39. The van der Waals surface area contributed by atoms with Crippen LogP contribution in [0.15, 0.2) is 17.2 Å². The molecule has 0 amide bonds. The van der Waals surface area contributed by atoms with E-state index in [0.29, 0.717) is 5.52 Å². The first kappa shape index (κ1) is 7.02. The number of nitrogens with zero attached hydrogens (tertiary/aromatic N) is 4. The van der Waals surface area contributed by atoms with Crippen molar-refractivity contribution >= 4 is 5.52 Å². The van der Waals surface area contributed by atoms with Crippen LogP contribution in [0.3, 0.4) is 0 Å². The molecule has 2 rings (SSSR count). The lowest BCUT2D eigenvalue weighted by atomic mass is 10.4. The molecule has 0 unspecified atom stereocenters. The molecule has 0 atom stereocenters. The molecule has 2 aromatic rings. The smallest absolute Gasteiger partial charge is 0.279 e. The number of aryl methyl sites for hydroxylation is 2. The monoisotopic (exact) mass is 164 g/mol. The minimum absolute atomic E-state index is 0.0781. The molecule has 2 heterocycles. The molecule has 0 aromatic carbocycles. The first-order valence-electron chi connectivity index (χ1n) is 3.57. The van der Waals surface area contributed by atoms with Gasteiger partial charge in [-0.25, -0.2) is 0 Å². The van der Waals surface area contributed by atoms with Gasteiger partial charge in [-0.15, -0.1) is 9.73 Å². The van der Waals surface area contributed by atoms with Gasteiger partial charge in [0, 0.05) is 7.05 Å². The van der Waals surface area contributed by atoms with Crippen molar-refractivity contribution in [1.82, 2.24) is 19.4 Å². The van der Waals surface area contributed by atoms with Crippen molar-refractivity contribution in [3.8, 4) is 0 Å². The third-order valence-electron chi connectivity index (χ3n) is 1.69. The fraction of sp³-hybridized carbons (Fsp3) is 0.286. The molecule has 0 fully saturated rings. The van der Waals surface area contributed by atoms with E-state index in [1.807, 2.05) is 6.92 Å². The van der Waals surface area contributed by atoms with Gasteiger partial charge in [0.2, 0.25) is 0 Å². The predicted molar refractivity (Wildman–Crippen MR) is 43.0 cm³/mol. The second-order valence-corrected chi connectivity index (χ2v) is 2.71. The van der Waals surface area contributed by atoms with Gasteiger partial charge in [0.15, 0.2) is 5.52 Å². The molecule has 0 N–H and O–H groups in total. The maximum Gasteiger partial charge on any atom is 0.279 e. The highest BCUT2D eigenvalue weighted by Gasteiger charge is 2.02. The van der Waals surface area contributed by atoms with E-state index < -0.39 is 0 Å². The first-order valence-corrected chi connectivity index (χ1v) is 3.57. The Labute approximate surface area is 68.2 Å². The lowest BCUT2D eigenvalue weighted by Crippen LogP contribution is -2.19. The number of rotatable bonds is 0. The molecule has 0 aliphatic heterocycles. The Morgan fingerprint density at radius 2 is 2.25 bits per heavy atom. The van der Waals surface area contributed by atoms with Crippen LogP contribution in [0.1, 0.15) is 5.69 Å². The second kappa shape index (κ2) is 2.17. The topological polar surface area (TPSA) is 52.2 Å². The van der Waals surface area contributed by atoms with Gasteiger partial charge in [-0.05, 0) is 13.0 Å². The van der Waals surface area contributed by atoms with Crippen LogP contribution in [0.5, 0.6) is 0 Å². The van der Waals surface area contributed by atoms with E-state index in [1.54, 1.807) is 13.1 Å². The van der Waals surface area contributed by atoms with Gasteiger partial charge in [-0.2, -0.15) is 5.10 Å². The predicted octanol–water partition coefficient (Wildman–Crippen LogP) is -0.264. The molecular formula is C7H8N4O. The zero-order valence-corrected chi connectivity index (χ0v) is 6.85. The van der Waals surface area contributed by atoms with Crippen LogP contribution in [-0.2, 0) is 7.05 Å². The van der Waals surface area contributed by atoms with E-state index >= 15 is 0 Å². The van der Waals surface area contributed by atoms with E-state index in [4.69, 9.17) is 0 Å². The molecule has 0 spiro atoms. The Morgan fingerprint density at radius 1 is 1.50 bits per heavy atom. The fourth-order valence-corrected chi connectivity index (χ4v) is 1.08. The summed E-state index contributed by atoms with van der Waals surface area (Å²) in [4.78, 5) is 11.4. The number of hydrogen-bond acceptors (Lipinski definition) is 3. The minimum atomic E-state index is -0.0781. The molecule has 12 heavy (non-hydrogen) atoms. The second-order valence-electron chi connectivity index (χ2n) is 2.71. The lowest BCUT2D eigenvalue weighted by molar-refractivity contribution is 0.707. The van der Waals surface area contributed by atoms with Crippen LogP contribution in [0, 0.1) is 6.92 Å². The summed E-state index contributed by atoms with van der Waals surface area (Å²) < 4.78 is 2.77. The van der Waals surface area contributed by atoms with E-state index in [0.717, 1.165) is 5.69 Å². The molecule has 5 heteroatoms. The Morgan fingerprint density at radius 3 is 3.00 bits per heavy atom. The van der Waals surface area contributed by atoms with Crippen LogP contribution in [0.2, 0.25) is 0 Å². The lowest BCUT2D eigenvalue weighted by Gasteiger charge is -1.94. The van der Waals surface area contributed by atoms with E-state index in [9.17, 15) is 4.79 Å². The quantitative estimate of drug-likeness (QED) is 0.539. The Kier molecular flexibility index (Phi) is 1.27. The molecule has 0 radical (unpaired) electrons. The highest BCUT2D eigenvalue weighted by molar-refractivity contribution is 5.43. The van der Waals surface area contributed by atoms with Gasteiger partial charge in [0.25, 0.3) is 5.56 Å². The third kappa shape index (κ3) is 0.827. The van der Waals surface area contributed by atoms with Gasteiger partial charge in [-0.3, -0.25) is 9.36 Å². The van der Waals surface area contributed by atoms with Gasteiger partial charge in [0.05, 0.1) is 5.69 Å².